The summed E-state index contributed by atoms with van der Waals surface area (Å²) in [6, 6.07) is 18.7. The van der Waals surface area contributed by atoms with Gasteiger partial charge in [0.15, 0.2) is 0 Å². The molecule has 0 bridgehead atoms. The van der Waals surface area contributed by atoms with Crippen molar-refractivity contribution in [3.63, 3.8) is 0 Å². The Kier molecular flexibility index (Phi) is 4.53. The summed E-state index contributed by atoms with van der Waals surface area (Å²) < 4.78 is 0. The molecule has 2 nitrogen and oxygen atoms in total. The van der Waals surface area contributed by atoms with Gasteiger partial charge in [0.1, 0.15) is 4.99 Å². The topological polar surface area (TPSA) is 38.0 Å². The maximum absolute atomic E-state index is 5.59. The molecule has 0 amide bonds. The molecule has 0 aliphatic rings. The molecule has 0 spiro atoms. The van der Waals surface area contributed by atoms with Crippen molar-refractivity contribution in [3.8, 4) is 0 Å². The Hall–Kier alpha value is -1.87. The predicted molar refractivity (Wildman–Crippen MR) is 85.4 cm³/mol. The van der Waals surface area contributed by atoms with Crippen LogP contribution in [0.4, 0.5) is 5.69 Å². The molecule has 0 saturated heterocycles. The highest BCUT2D eigenvalue weighted by Gasteiger charge is 2.08. The molecule has 19 heavy (non-hydrogen) atoms. The van der Waals surface area contributed by atoms with Gasteiger partial charge in [-0.05, 0) is 36.2 Å². The Morgan fingerprint density at radius 2 is 1.74 bits per heavy atom. The molecule has 3 N–H and O–H groups in total. The molecule has 1 atom stereocenters. The fourth-order valence-electron chi connectivity index (χ4n) is 2.04. The molecular formula is C16H18N2S. The fourth-order valence-corrected chi connectivity index (χ4v) is 2.17. The van der Waals surface area contributed by atoms with Gasteiger partial charge in [0.2, 0.25) is 0 Å². The molecule has 98 valence electrons. The third kappa shape index (κ3) is 3.55. The van der Waals surface area contributed by atoms with Crippen molar-refractivity contribution in [1.82, 2.24) is 0 Å². The van der Waals surface area contributed by atoms with Gasteiger partial charge in [-0.15, -0.1) is 0 Å². The minimum Gasteiger partial charge on any atom is -0.389 e. The van der Waals surface area contributed by atoms with E-state index in [1.807, 2.05) is 30.3 Å². The largest absolute Gasteiger partial charge is 0.389 e. The second-order valence-corrected chi connectivity index (χ2v) is 4.90. The highest BCUT2D eigenvalue weighted by Crippen LogP contribution is 2.22. The van der Waals surface area contributed by atoms with Crippen LogP contribution in [0.1, 0.15) is 30.5 Å². The standard InChI is InChI=1S/C16H18N2S/c1-2-15(12-6-4-3-5-7-12)18-14-10-8-13(9-11-14)16(17)19/h3-11,15,18H,2H2,1H3,(H2,17,19). The van der Waals surface area contributed by atoms with E-state index >= 15 is 0 Å². The van der Waals surface area contributed by atoms with Crippen LogP contribution in [0, 0.1) is 0 Å². The molecule has 2 aromatic carbocycles. The lowest BCUT2D eigenvalue weighted by molar-refractivity contribution is 0.749. The zero-order chi connectivity index (χ0) is 13.7. The van der Waals surface area contributed by atoms with E-state index in [9.17, 15) is 0 Å². The van der Waals surface area contributed by atoms with Gasteiger partial charge >= 0.3 is 0 Å². The van der Waals surface area contributed by atoms with E-state index in [-0.39, 0.29) is 0 Å². The van der Waals surface area contributed by atoms with E-state index in [4.69, 9.17) is 18.0 Å². The van der Waals surface area contributed by atoms with Gasteiger partial charge in [-0.2, -0.15) is 0 Å². The normalized spacial score (nSPS) is 11.8. The SMILES string of the molecule is CCC(Nc1ccc(C(N)=S)cc1)c1ccccc1. The number of hydrogen-bond acceptors (Lipinski definition) is 2. The number of thiocarbonyl (C=S) groups is 1. The van der Waals surface area contributed by atoms with Crippen LogP contribution in [0.2, 0.25) is 0 Å². The molecule has 0 aromatic heterocycles. The molecule has 0 fully saturated rings. The van der Waals surface area contributed by atoms with Gasteiger partial charge in [0.25, 0.3) is 0 Å². The van der Waals surface area contributed by atoms with Crippen molar-refractivity contribution in [2.75, 3.05) is 5.32 Å². The van der Waals surface area contributed by atoms with Crippen LogP contribution in [0.15, 0.2) is 54.6 Å². The molecule has 0 radical (unpaired) electrons. The number of nitrogens with two attached hydrogens (primary N) is 1. The molecule has 2 rings (SSSR count). The number of benzene rings is 2. The van der Waals surface area contributed by atoms with Crippen molar-refractivity contribution >= 4 is 22.9 Å². The fraction of sp³-hybridized carbons (Fsp3) is 0.188. The summed E-state index contributed by atoms with van der Waals surface area (Å²) in [7, 11) is 0. The maximum Gasteiger partial charge on any atom is 0.103 e. The Bertz CT molecular complexity index is 534. The minimum absolute atomic E-state index is 0.317. The van der Waals surface area contributed by atoms with Crippen LogP contribution in [0.3, 0.4) is 0 Å². The minimum atomic E-state index is 0.317. The second kappa shape index (κ2) is 6.34. The number of anilines is 1. The first-order valence-electron chi connectivity index (χ1n) is 6.42. The average Bonchev–Trinajstić information content (AvgIpc) is 2.46. The van der Waals surface area contributed by atoms with Crippen LogP contribution < -0.4 is 11.1 Å². The van der Waals surface area contributed by atoms with Gasteiger partial charge in [-0.25, -0.2) is 0 Å². The van der Waals surface area contributed by atoms with Crippen LogP contribution >= 0.6 is 12.2 Å². The highest BCUT2D eigenvalue weighted by atomic mass is 32.1. The van der Waals surface area contributed by atoms with E-state index in [1.54, 1.807) is 0 Å². The molecule has 2 aromatic rings. The van der Waals surface area contributed by atoms with E-state index in [0.717, 1.165) is 17.7 Å². The quantitative estimate of drug-likeness (QED) is 0.810. The van der Waals surface area contributed by atoms with Crippen molar-refractivity contribution < 1.29 is 0 Å². The molecule has 1 unspecified atom stereocenters. The Labute approximate surface area is 119 Å². The third-order valence-corrected chi connectivity index (χ3v) is 3.36. The lowest BCUT2D eigenvalue weighted by Gasteiger charge is -2.19. The highest BCUT2D eigenvalue weighted by molar-refractivity contribution is 7.80. The smallest absolute Gasteiger partial charge is 0.103 e. The summed E-state index contributed by atoms with van der Waals surface area (Å²) in [5.41, 5.74) is 8.86. The number of rotatable bonds is 5. The second-order valence-electron chi connectivity index (χ2n) is 4.46. The first-order chi connectivity index (χ1) is 9.20. The molecule has 0 saturated carbocycles. The lowest BCUT2D eigenvalue weighted by atomic mass is 10.0. The van der Waals surface area contributed by atoms with Gasteiger partial charge in [0.05, 0.1) is 6.04 Å². The summed E-state index contributed by atoms with van der Waals surface area (Å²) in [6.45, 7) is 2.17. The van der Waals surface area contributed by atoms with E-state index < -0.39 is 0 Å². The molecule has 0 aliphatic carbocycles. The zero-order valence-electron chi connectivity index (χ0n) is 11.0. The molecule has 0 aliphatic heterocycles. The first-order valence-corrected chi connectivity index (χ1v) is 6.83. The summed E-state index contributed by atoms with van der Waals surface area (Å²) in [5, 5.41) is 3.53. The van der Waals surface area contributed by atoms with Gasteiger partial charge in [-0.1, -0.05) is 49.5 Å². The van der Waals surface area contributed by atoms with Crippen molar-refractivity contribution in [3.05, 3.63) is 65.7 Å². The van der Waals surface area contributed by atoms with Crippen LogP contribution in [-0.4, -0.2) is 4.99 Å². The Balaban J connectivity index is 2.12. The van der Waals surface area contributed by atoms with Crippen molar-refractivity contribution in [2.45, 2.75) is 19.4 Å². The summed E-state index contributed by atoms with van der Waals surface area (Å²) >= 11 is 4.95. The van der Waals surface area contributed by atoms with Gasteiger partial charge in [-0.3, -0.25) is 0 Å². The maximum atomic E-state index is 5.59. The third-order valence-electron chi connectivity index (χ3n) is 3.12. The van der Waals surface area contributed by atoms with Gasteiger partial charge < -0.3 is 11.1 Å². The molecule has 0 heterocycles. The van der Waals surface area contributed by atoms with Crippen LogP contribution in [-0.2, 0) is 0 Å². The van der Waals surface area contributed by atoms with Crippen molar-refractivity contribution in [2.24, 2.45) is 5.73 Å². The molecule has 3 heteroatoms. The lowest BCUT2D eigenvalue weighted by Crippen LogP contribution is -2.11. The first kappa shape index (κ1) is 13.6. The van der Waals surface area contributed by atoms with E-state index in [2.05, 4.69) is 36.5 Å². The van der Waals surface area contributed by atoms with Gasteiger partial charge in [0, 0.05) is 11.3 Å². The number of hydrogen-bond donors (Lipinski definition) is 2. The zero-order valence-corrected chi connectivity index (χ0v) is 11.8. The van der Waals surface area contributed by atoms with E-state index in [1.165, 1.54) is 5.56 Å². The monoisotopic (exact) mass is 270 g/mol. The predicted octanol–water partition coefficient (Wildman–Crippen LogP) is 3.88. The average molecular weight is 270 g/mol. The summed E-state index contributed by atoms with van der Waals surface area (Å²) in [4.78, 5) is 0.432. The Morgan fingerprint density at radius 1 is 1.11 bits per heavy atom. The molecular weight excluding hydrogens is 252 g/mol. The van der Waals surface area contributed by atoms with Crippen molar-refractivity contribution in [1.29, 1.82) is 0 Å². The Morgan fingerprint density at radius 3 is 2.26 bits per heavy atom. The summed E-state index contributed by atoms with van der Waals surface area (Å²) in [6.07, 6.45) is 1.03. The summed E-state index contributed by atoms with van der Waals surface area (Å²) in [5.74, 6) is 0. The van der Waals surface area contributed by atoms with Crippen LogP contribution in [0.5, 0.6) is 0 Å². The van der Waals surface area contributed by atoms with Crippen LogP contribution in [0.25, 0.3) is 0 Å². The van der Waals surface area contributed by atoms with E-state index in [0.29, 0.717) is 11.0 Å². The number of nitrogens with one attached hydrogen (secondary N) is 1.